The second-order valence-corrected chi connectivity index (χ2v) is 13.4. The lowest BCUT2D eigenvalue weighted by Crippen LogP contribution is -2.70. The Bertz CT molecular complexity index is 1310. The molecule has 0 aromatic carbocycles. The van der Waals surface area contributed by atoms with Crippen LogP contribution in [-0.4, -0.2) is 76.4 Å². The van der Waals surface area contributed by atoms with Crippen molar-refractivity contribution in [1.82, 2.24) is 0 Å². The largest absolute Gasteiger partial charge is 0.458 e. The van der Waals surface area contributed by atoms with E-state index >= 15 is 8.78 Å². The van der Waals surface area contributed by atoms with Gasteiger partial charge in [-0.3, -0.25) is 14.4 Å². The molecule has 12 heteroatoms. The summed E-state index contributed by atoms with van der Waals surface area (Å²) < 4.78 is 48.7. The highest BCUT2D eigenvalue weighted by Gasteiger charge is 2.78. The van der Waals surface area contributed by atoms with Crippen molar-refractivity contribution in [2.45, 2.75) is 83.8 Å². The fourth-order valence-electron chi connectivity index (χ4n) is 8.21. The number of carbonyl (C=O) groups is 5. The molecule has 4 rings (SSSR count). The van der Waals surface area contributed by atoms with Crippen molar-refractivity contribution in [3.8, 4) is 0 Å². The van der Waals surface area contributed by atoms with Crippen LogP contribution in [0.4, 0.5) is 8.78 Å². The molecule has 3 saturated carbocycles. The first kappa shape index (κ1) is 34.0. The number of thioether (sulfide) groups is 1. The standard InChI is InChI=1S/C32H40F2O9S/c1-6-25(37)43-32(28(40)44-13-9-8-12-42-27(39)26(38)41-7-2)18(3)14-20-21-16-23(33)22-15-19(35)10-11-29(22,4)31(21,34)24(36)17-30(20,32)5/h8-11,15,18,20-21,23-24,36H,6-7,12-14,16-17H2,1-5H3/t18-,20?,21?,23+,24+,29+,30+,31+,32+/m1/s1. The molecular weight excluding hydrogens is 598 g/mol. The van der Waals surface area contributed by atoms with Crippen molar-refractivity contribution in [2.75, 3.05) is 19.0 Å². The molecule has 0 aromatic rings. The van der Waals surface area contributed by atoms with E-state index < -0.39 is 80.9 Å². The quantitative estimate of drug-likeness (QED) is 0.179. The number of hydrogen-bond acceptors (Lipinski definition) is 10. The van der Waals surface area contributed by atoms with E-state index in [9.17, 15) is 29.1 Å². The molecule has 0 spiro atoms. The Labute approximate surface area is 259 Å². The molecule has 4 aliphatic carbocycles. The van der Waals surface area contributed by atoms with Crippen molar-refractivity contribution in [3.05, 3.63) is 36.0 Å². The lowest BCUT2D eigenvalue weighted by Gasteiger charge is -2.63. The number of halogens is 2. The van der Waals surface area contributed by atoms with Crippen LogP contribution < -0.4 is 0 Å². The molecule has 242 valence electrons. The molecule has 0 radical (unpaired) electrons. The zero-order chi connectivity index (χ0) is 32.7. The van der Waals surface area contributed by atoms with Gasteiger partial charge in [0.2, 0.25) is 5.12 Å². The summed E-state index contributed by atoms with van der Waals surface area (Å²) in [4.78, 5) is 62.0. The molecular formula is C32H40F2O9S. The van der Waals surface area contributed by atoms with E-state index in [0.717, 1.165) is 17.8 Å². The van der Waals surface area contributed by atoms with Gasteiger partial charge in [-0.2, -0.15) is 0 Å². The predicted octanol–water partition coefficient (Wildman–Crippen LogP) is 4.17. The molecule has 9 atom stereocenters. The number of ketones is 1. The maximum absolute atomic E-state index is 17.5. The number of esters is 3. The van der Waals surface area contributed by atoms with Gasteiger partial charge < -0.3 is 19.3 Å². The second kappa shape index (κ2) is 12.5. The minimum Gasteiger partial charge on any atom is -0.458 e. The first-order chi connectivity index (χ1) is 20.6. The number of aliphatic hydroxyl groups excluding tert-OH is 1. The summed E-state index contributed by atoms with van der Waals surface area (Å²) in [5.41, 5.74) is -6.85. The van der Waals surface area contributed by atoms with Gasteiger partial charge in [0.05, 0.1) is 12.7 Å². The average Bonchev–Trinajstić information content (AvgIpc) is 3.19. The molecule has 3 fully saturated rings. The molecule has 44 heavy (non-hydrogen) atoms. The number of carbonyl (C=O) groups excluding carboxylic acids is 5. The van der Waals surface area contributed by atoms with Crippen LogP contribution >= 0.6 is 11.8 Å². The topological polar surface area (TPSA) is 133 Å². The summed E-state index contributed by atoms with van der Waals surface area (Å²) in [7, 11) is 0. The molecule has 9 nitrogen and oxygen atoms in total. The van der Waals surface area contributed by atoms with Crippen molar-refractivity contribution in [3.63, 3.8) is 0 Å². The number of ether oxygens (including phenoxy) is 3. The number of fused-ring (bicyclic) bond motifs is 5. The third-order valence-corrected chi connectivity index (χ3v) is 11.2. The maximum Gasteiger partial charge on any atom is 0.417 e. The van der Waals surface area contributed by atoms with Gasteiger partial charge in [0.25, 0.3) is 0 Å². The molecule has 0 bridgehead atoms. The lowest BCUT2D eigenvalue weighted by molar-refractivity contribution is -0.228. The van der Waals surface area contributed by atoms with Gasteiger partial charge in [-0.05, 0) is 56.8 Å². The van der Waals surface area contributed by atoms with Crippen LogP contribution in [0.1, 0.15) is 60.3 Å². The fraction of sp³-hybridized carbons (Fsp3) is 0.656. The van der Waals surface area contributed by atoms with Crippen molar-refractivity contribution in [1.29, 1.82) is 0 Å². The molecule has 0 amide bonds. The molecule has 0 aliphatic heterocycles. The van der Waals surface area contributed by atoms with Crippen LogP contribution in [0.3, 0.4) is 0 Å². The number of rotatable bonds is 8. The van der Waals surface area contributed by atoms with Gasteiger partial charge in [-0.1, -0.05) is 50.8 Å². The first-order valence-corrected chi connectivity index (χ1v) is 16.0. The van der Waals surface area contributed by atoms with E-state index in [-0.39, 0.29) is 50.2 Å². The highest BCUT2D eigenvalue weighted by molar-refractivity contribution is 8.14. The Hall–Kier alpha value is -2.86. The monoisotopic (exact) mass is 638 g/mol. The summed E-state index contributed by atoms with van der Waals surface area (Å²) in [6, 6.07) is 0. The number of allylic oxidation sites excluding steroid dienone is 4. The summed E-state index contributed by atoms with van der Waals surface area (Å²) in [5, 5.41) is 11.1. The summed E-state index contributed by atoms with van der Waals surface area (Å²) in [5.74, 6) is -5.45. The highest BCUT2D eigenvalue weighted by atomic mass is 32.2. The van der Waals surface area contributed by atoms with Gasteiger partial charge in [-0.25, -0.2) is 18.4 Å². The third-order valence-electron chi connectivity index (χ3n) is 10.3. The Morgan fingerprint density at radius 3 is 2.43 bits per heavy atom. The molecule has 0 aromatic heterocycles. The third kappa shape index (κ3) is 5.15. The Morgan fingerprint density at radius 2 is 1.77 bits per heavy atom. The molecule has 0 heterocycles. The highest BCUT2D eigenvalue weighted by Crippen LogP contribution is 2.72. The maximum atomic E-state index is 17.5. The SMILES string of the molecule is CCOC(=O)C(=O)OCC=CCSC(=O)[C@@]1(OC(=O)CC)[C@H](C)CC2C3C[C@H](F)C4=CC(=O)C=C[C@]4(C)[C@@]3(F)[C@@H](O)C[C@@]21C. The lowest BCUT2D eigenvalue weighted by atomic mass is 9.44. The normalized spacial score (nSPS) is 39.1. The van der Waals surface area contributed by atoms with E-state index in [1.54, 1.807) is 33.8 Å². The van der Waals surface area contributed by atoms with Crippen LogP contribution in [0.5, 0.6) is 0 Å². The number of aliphatic hydroxyl groups is 1. The average molecular weight is 639 g/mol. The zero-order valence-corrected chi connectivity index (χ0v) is 26.4. The van der Waals surface area contributed by atoms with E-state index in [0.29, 0.717) is 0 Å². The Kier molecular flexibility index (Phi) is 9.66. The van der Waals surface area contributed by atoms with Crippen LogP contribution in [0.15, 0.2) is 36.0 Å². The van der Waals surface area contributed by atoms with E-state index in [1.807, 2.05) is 0 Å². The van der Waals surface area contributed by atoms with Gasteiger partial charge >= 0.3 is 17.9 Å². The van der Waals surface area contributed by atoms with Gasteiger partial charge in [0.15, 0.2) is 17.1 Å². The smallest absolute Gasteiger partial charge is 0.417 e. The van der Waals surface area contributed by atoms with Gasteiger partial charge in [0.1, 0.15) is 12.8 Å². The Morgan fingerprint density at radius 1 is 1.09 bits per heavy atom. The molecule has 4 aliphatic rings. The van der Waals surface area contributed by atoms with Crippen LogP contribution in [-0.2, 0) is 38.2 Å². The van der Waals surface area contributed by atoms with Gasteiger partial charge in [0, 0.05) is 34.8 Å². The molecule has 0 saturated heterocycles. The van der Waals surface area contributed by atoms with Crippen LogP contribution in [0.25, 0.3) is 0 Å². The molecule has 2 unspecified atom stereocenters. The van der Waals surface area contributed by atoms with Crippen LogP contribution in [0.2, 0.25) is 0 Å². The van der Waals surface area contributed by atoms with E-state index in [4.69, 9.17) is 9.47 Å². The van der Waals surface area contributed by atoms with Crippen molar-refractivity contribution < 1.29 is 52.1 Å². The van der Waals surface area contributed by atoms with Crippen molar-refractivity contribution in [2.24, 2.45) is 28.6 Å². The number of alkyl halides is 2. The van der Waals surface area contributed by atoms with Crippen molar-refractivity contribution >= 4 is 40.6 Å². The van der Waals surface area contributed by atoms with Gasteiger partial charge in [-0.15, -0.1) is 0 Å². The number of hydrogen-bond donors (Lipinski definition) is 1. The minimum atomic E-state index is -2.33. The molecule has 1 N–H and O–H groups in total. The zero-order valence-electron chi connectivity index (χ0n) is 25.6. The van der Waals surface area contributed by atoms with Crippen LogP contribution in [0, 0.1) is 28.6 Å². The fourth-order valence-corrected chi connectivity index (χ4v) is 9.28. The van der Waals surface area contributed by atoms with E-state index in [2.05, 4.69) is 4.74 Å². The predicted molar refractivity (Wildman–Crippen MR) is 156 cm³/mol. The summed E-state index contributed by atoms with van der Waals surface area (Å²) >= 11 is 0.862. The summed E-state index contributed by atoms with van der Waals surface area (Å²) in [6.07, 6.45) is 3.14. The second-order valence-electron chi connectivity index (χ2n) is 12.4. The Balaban J connectivity index is 1.62. The minimum absolute atomic E-state index is 0.00692. The first-order valence-electron chi connectivity index (χ1n) is 15.0. The summed E-state index contributed by atoms with van der Waals surface area (Å²) in [6.45, 7) is 7.92. The van der Waals surface area contributed by atoms with E-state index in [1.165, 1.54) is 25.2 Å².